The third kappa shape index (κ3) is 4.50. The maximum Gasteiger partial charge on any atom is 0.419 e. The van der Waals surface area contributed by atoms with Gasteiger partial charge in [-0.2, -0.15) is 4.31 Å². The smallest absolute Gasteiger partial charge is 0.408 e. The molecule has 9 heteroatoms. The van der Waals surface area contributed by atoms with Crippen LogP contribution in [0.3, 0.4) is 0 Å². The molecule has 2 aromatic rings. The lowest BCUT2D eigenvalue weighted by atomic mass is 9.91. The minimum absolute atomic E-state index is 0.133. The van der Waals surface area contributed by atoms with E-state index in [1.807, 2.05) is 18.9 Å². The normalized spacial score (nSPS) is 19.4. The van der Waals surface area contributed by atoms with Gasteiger partial charge in [0.05, 0.1) is 10.4 Å². The minimum atomic E-state index is -3.68. The van der Waals surface area contributed by atoms with Crippen LogP contribution in [0, 0.1) is 5.92 Å². The maximum atomic E-state index is 13.2. The average Bonchev–Trinajstić information content (AvgIpc) is 3.13. The molecule has 176 valence electrons. The number of hydrogen-bond acceptors (Lipinski definition) is 5. The van der Waals surface area contributed by atoms with Crippen LogP contribution in [0.25, 0.3) is 11.1 Å². The van der Waals surface area contributed by atoms with Crippen LogP contribution < -0.4 is 5.76 Å². The van der Waals surface area contributed by atoms with Crippen molar-refractivity contribution in [3.8, 4) is 0 Å². The van der Waals surface area contributed by atoms with E-state index in [1.165, 1.54) is 40.3 Å². The topological polar surface area (TPSA) is 92.8 Å². The highest BCUT2D eigenvalue weighted by molar-refractivity contribution is 7.89. The van der Waals surface area contributed by atoms with E-state index in [0.717, 1.165) is 12.8 Å². The number of fused-ring (bicyclic) bond motifs is 1. The molecular formula is C23H33N3O5S. The fourth-order valence-electron chi connectivity index (χ4n) is 5.07. The standard InChI is InChI=1S/C23H33N3O5S/c1-3-26-20-10-9-19(16-21(20)31-23(26)28)32(29,30)25-13-11-17(12-14-25)15-22(27)24(2)18-7-5-4-6-8-18/h9-10,16-18H,3-8,11-15H2,1-2H3. The molecule has 1 amide bonds. The van der Waals surface area contributed by atoms with E-state index in [-0.39, 0.29) is 22.3 Å². The quantitative estimate of drug-likeness (QED) is 0.656. The van der Waals surface area contributed by atoms with Crippen LogP contribution in [0.15, 0.2) is 32.3 Å². The second-order valence-electron chi connectivity index (χ2n) is 9.09. The van der Waals surface area contributed by atoms with E-state index in [1.54, 1.807) is 6.07 Å². The van der Waals surface area contributed by atoms with E-state index in [0.29, 0.717) is 50.5 Å². The van der Waals surface area contributed by atoms with Gasteiger partial charge in [-0.3, -0.25) is 9.36 Å². The average molecular weight is 464 g/mol. The van der Waals surface area contributed by atoms with Crippen LogP contribution in [-0.2, 0) is 21.4 Å². The molecule has 2 fully saturated rings. The molecule has 32 heavy (non-hydrogen) atoms. The number of carbonyl (C=O) groups is 1. The SMILES string of the molecule is CCn1c(=O)oc2cc(S(=O)(=O)N3CCC(CC(=O)N(C)C4CCCCC4)CC3)ccc21. The summed E-state index contributed by atoms with van der Waals surface area (Å²) in [6, 6.07) is 4.96. The fourth-order valence-corrected chi connectivity index (χ4v) is 6.56. The maximum absolute atomic E-state index is 13.2. The molecule has 2 aliphatic rings. The van der Waals surface area contributed by atoms with Gasteiger partial charge in [-0.05, 0) is 50.7 Å². The van der Waals surface area contributed by atoms with Crippen LogP contribution >= 0.6 is 0 Å². The summed E-state index contributed by atoms with van der Waals surface area (Å²) in [5.41, 5.74) is 0.875. The van der Waals surface area contributed by atoms with E-state index in [9.17, 15) is 18.0 Å². The third-order valence-corrected chi connectivity index (χ3v) is 9.04. The first kappa shape index (κ1) is 23.0. The number of carbonyl (C=O) groups excluding carboxylic acids is 1. The van der Waals surface area contributed by atoms with Crippen LogP contribution in [0.2, 0.25) is 0 Å². The molecule has 1 saturated carbocycles. The van der Waals surface area contributed by atoms with Crippen LogP contribution in [-0.4, -0.2) is 54.3 Å². The second-order valence-corrected chi connectivity index (χ2v) is 11.0. The van der Waals surface area contributed by atoms with Crippen molar-refractivity contribution in [2.24, 2.45) is 5.92 Å². The van der Waals surface area contributed by atoms with Gasteiger partial charge in [-0.1, -0.05) is 19.3 Å². The van der Waals surface area contributed by atoms with Crippen LogP contribution in [0.4, 0.5) is 0 Å². The molecule has 1 aromatic heterocycles. The first-order chi connectivity index (χ1) is 15.3. The lowest BCUT2D eigenvalue weighted by Crippen LogP contribution is -2.42. The molecule has 1 saturated heterocycles. The number of sulfonamides is 1. The Balaban J connectivity index is 1.38. The number of piperidine rings is 1. The number of benzene rings is 1. The van der Waals surface area contributed by atoms with E-state index < -0.39 is 15.8 Å². The number of rotatable bonds is 6. The Labute approximate surface area is 189 Å². The first-order valence-corrected chi connectivity index (χ1v) is 13.1. The van der Waals surface area contributed by atoms with Crippen molar-refractivity contribution >= 4 is 27.0 Å². The van der Waals surface area contributed by atoms with Crippen molar-refractivity contribution in [3.63, 3.8) is 0 Å². The van der Waals surface area contributed by atoms with Gasteiger partial charge in [0.15, 0.2) is 5.58 Å². The number of oxazole rings is 1. The van der Waals surface area contributed by atoms with Crippen molar-refractivity contribution in [1.82, 2.24) is 13.8 Å². The number of hydrogen-bond donors (Lipinski definition) is 0. The molecule has 2 heterocycles. The van der Waals surface area contributed by atoms with Gasteiger partial charge in [-0.25, -0.2) is 13.2 Å². The summed E-state index contributed by atoms with van der Waals surface area (Å²) in [5.74, 6) is -0.0982. The Morgan fingerprint density at radius 3 is 2.47 bits per heavy atom. The Bertz CT molecular complexity index is 1120. The summed E-state index contributed by atoms with van der Waals surface area (Å²) in [4.78, 5) is 26.7. The fraction of sp³-hybridized carbons (Fsp3) is 0.652. The van der Waals surface area contributed by atoms with Gasteiger partial charge >= 0.3 is 5.76 Å². The molecule has 1 aromatic carbocycles. The van der Waals surface area contributed by atoms with Crippen molar-refractivity contribution in [3.05, 3.63) is 28.7 Å². The second kappa shape index (κ2) is 9.39. The molecule has 8 nitrogen and oxygen atoms in total. The van der Waals surface area contributed by atoms with Crippen molar-refractivity contribution in [2.75, 3.05) is 20.1 Å². The van der Waals surface area contributed by atoms with Crippen LogP contribution in [0.5, 0.6) is 0 Å². The highest BCUT2D eigenvalue weighted by Crippen LogP contribution is 2.29. The van der Waals surface area contributed by atoms with Gasteiger partial charge in [-0.15, -0.1) is 0 Å². The van der Waals surface area contributed by atoms with Gasteiger partial charge in [0.25, 0.3) is 0 Å². The van der Waals surface area contributed by atoms with Gasteiger partial charge in [0.2, 0.25) is 15.9 Å². The van der Waals surface area contributed by atoms with Gasteiger partial charge in [0.1, 0.15) is 0 Å². The number of aromatic nitrogens is 1. The molecule has 0 bridgehead atoms. The molecule has 0 radical (unpaired) electrons. The zero-order valence-corrected chi connectivity index (χ0v) is 19.8. The highest BCUT2D eigenvalue weighted by atomic mass is 32.2. The lowest BCUT2D eigenvalue weighted by molar-refractivity contribution is -0.133. The number of amides is 1. The summed E-state index contributed by atoms with van der Waals surface area (Å²) in [7, 11) is -1.77. The molecule has 0 N–H and O–H groups in total. The third-order valence-electron chi connectivity index (χ3n) is 7.15. The van der Waals surface area contributed by atoms with E-state index >= 15 is 0 Å². The predicted molar refractivity (Wildman–Crippen MR) is 122 cm³/mol. The molecule has 4 rings (SSSR count). The molecule has 0 atom stereocenters. The summed E-state index contributed by atoms with van der Waals surface area (Å²) < 4.78 is 34.5. The monoisotopic (exact) mass is 463 g/mol. The predicted octanol–water partition coefficient (Wildman–Crippen LogP) is 3.20. The Hall–Kier alpha value is -2.13. The highest BCUT2D eigenvalue weighted by Gasteiger charge is 2.32. The van der Waals surface area contributed by atoms with Crippen molar-refractivity contribution < 1.29 is 17.6 Å². The van der Waals surface area contributed by atoms with E-state index in [2.05, 4.69) is 0 Å². The van der Waals surface area contributed by atoms with Crippen LogP contribution in [0.1, 0.15) is 58.3 Å². The molecule has 0 unspecified atom stereocenters. The lowest BCUT2D eigenvalue weighted by Gasteiger charge is -2.34. The minimum Gasteiger partial charge on any atom is -0.408 e. The first-order valence-electron chi connectivity index (χ1n) is 11.7. The van der Waals surface area contributed by atoms with Gasteiger partial charge in [0, 0.05) is 45.2 Å². The summed E-state index contributed by atoms with van der Waals surface area (Å²) >= 11 is 0. The summed E-state index contributed by atoms with van der Waals surface area (Å²) in [6.45, 7) is 3.08. The van der Waals surface area contributed by atoms with Gasteiger partial charge < -0.3 is 9.32 Å². The summed E-state index contributed by atoms with van der Waals surface area (Å²) in [6.07, 6.45) is 7.65. The molecule has 1 aliphatic carbocycles. The Morgan fingerprint density at radius 2 is 1.81 bits per heavy atom. The van der Waals surface area contributed by atoms with Crippen molar-refractivity contribution in [2.45, 2.75) is 75.8 Å². The Kier molecular flexibility index (Phi) is 6.76. The van der Waals surface area contributed by atoms with E-state index in [4.69, 9.17) is 4.42 Å². The zero-order chi connectivity index (χ0) is 22.9. The molecule has 0 spiro atoms. The molecular weight excluding hydrogens is 430 g/mol. The molecule has 1 aliphatic heterocycles. The number of aryl methyl sites for hydroxylation is 1. The summed E-state index contributed by atoms with van der Waals surface area (Å²) in [5, 5.41) is 0. The van der Waals surface area contributed by atoms with Crippen molar-refractivity contribution in [1.29, 1.82) is 0 Å². The zero-order valence-electron chi connectivity index (χ0n) is 19.0. The Morgan fingerprint density at radius 1 is 1.12 bits per heavy atom. The largest absolute Gasteiger partial charge is 0.419 e. The number of nitrogens with zero attached hydrogens (tertiary/aromatic N) is 3.